The van der Waals surface area contributed by atoms with Crippen molar-refractivity contribution in [2.75, 3.05) is 12.0 Å². The molecule has 1 heterocycles. The lowest BCUT2D eigenvalue weighted by molar-refractivity contribution is -0.144. The predicted molar refractivity (Wildman–Crippen MR) is 113 cm³/mol. The first-order valence-corrected chi connectivity index (χ1v) is 9.26. The fourth-order valence-electron chi connectivity index (χ4n) is 2.69. The van der Waals surface area contributed by atoms with Crippen LogP contribution in [0.2, 0.25) is 0 Å². The van der Waals surface area contributed by atoms with Crippen LogP contribution in [0.25, 0.3) is 6.08 Å². The van der Waals surface area contributed by atoms with Crippen molar-refractivity contribution in [3.05, 3.63) is 59.7 Å². The Bertz CT molecular complexity index is 1030. The van der Waals surface area contributed by atoms with E-state index in [0.717, 1.165) is 0 Å². The van der Waals surface area contributed by atoms with E-state index in [1.54, 1.807) is 48.5 Å². The highest BCUT2D eigenvalue weighted by Crippen LogP contribution is 2.25. The SMILES string of the molecule is COc1ccc(N2C(=O)/C(=C\c3ccc(O[C@H](C)C(=O)O)cc3)C(=O)NC2=S)cc1. The molecule has 154 valence electrons. The van der Waals surface area contributed by atoms with E-state index in [2.05, 4.69) is 5.32 Å². The summed E-state index contributed by atoms with van der Waals surface area (Å²) in [5.74, 6) is -1.27. The molecule has 1 aliphatic rings. The molecular weight excluding hydrogens is 408 g/mol. The molecule has 1 fully saturated rings. The minimum absolute atomic E-state index is 0.0151. The molecule has 0 aromatic heterocycles. The second-order valence-corrected chi connectivity index (χ2v) is 6.71. The van der Waals surface area contributed by atoms with Crippen LogP contribution >= 0.6 is 12.2 Å². The highest BCUT2D eigenvalue weighted by atomic mass is 32.1. The first-order chi connectivity index (χ1) is 14.3. The van der Waals surface area contributed by atoms with Crippen molar-refractivity contribution in [2.24, 2.45) is 0 Å². The van der Waals surface area contributed by atoms with Crippen LogP contribution in [-0.2, 0) is 14.4 Å². The van der Waals surface area contributed by atoms with Crippen LogP contribution in [-0.4, -0.2) is 41.2 Å². The lowest BCUT2D eigenvalue weighted by atomic mass is 10.1. The monoisotopic (exact) mass is 426 g/mol. The zero-order chi connectivity index (χ0) is 21.8. The summed E-state index contributed by atoms with van der Waals surface area (Å²) < 4.78 is 10.4. The largest absolute Gasteiger partial charge is 0.497 e. The van der Waals surface area contributed by atoms with Gasteiger partial charge in [-0.2, -0.15) is 0 Å². The molecule has 0 radical (unpaired) electrons. The fourth-order valence-corrected chi connectivity index (χ4v) is 2.97. The van der Waals surface area contributed by atoms with Gasteiger partial charge in [-0.25, -0.2) is 4.79 Å². The van der Waals surface area contributed by atoms with Crippen LogP contribution in [0.5, 0.6) is 11.5 Å². The maximum absolute atomic E-state index is 13.0. The number of hydrogen-bond donors (Lipinski definition) is 2. The second-order valence-electron chi connectivity index (χ2n) is 6.32. The molecule has 0 spiro atoms. The lowest BCUT2D eigenvalue weighted by Gasteiger charge is -2.29. The molecule has 2 aromatic carbocycles. The van der Waals surface area contributed by atoms with Gasteiger partial charge < -0.3 is 14.6 Å². The molecule has 1 atom stereocenters. The Hall–Kier alpha value is -3.72. The maximum Gasteiger partial charge on any atom is 0.344 e. The number of nitrogens with zero attached hydrogens (tertiary/aromatic N) is 1. The summed E-state index contributed by atoms with van der Waals surface area (Å²) in [5.41, 5.74) is 0.960. The molecule has 0 aliphatic carbocycles. The van der Waals surface area contributed by atoms with Gasteiger partial charge >= 0.3 is 5.97 Å². The number of ether oxygens (including phenoxy) is 2. The van der Waals surface area contributed by atoms with E-state index in [1.165, 1.54) is 25.0 Å². The minimum Gasteiger partial charge on any atom is -0.497 e. The normalized spacial score (nSPS) is 16.3. The molecule has 3 rings (SSSR count). The third-order valence-electron chi connectivity index (χ3n) is 4.28. The fraction of sp³-hybridized carbons (Fsp3) is 0.143. The number of anilines is 1. The molecule has 2 N–H and O–H groups in total. The van der Waals surface area contributed by atoms with Crippen molar-refractivity contribution in [2.45, 2.75) is 13.0 Å². The number of aliphatic carboxylic acids is 1. The Morgan fingerprint density at radius 3 is 2.27 bits per heavy atom. The lowest BCUT2D eigenvalue weighted by Crippen LogP contribution is -2.54. The van der Waals surface area contributed by atoms with Gasteiger partial charge in [0.1, 0.15) is 17.1 Å². The number of carbonyl (C=O) groups excluding carboxylic acids is 2. The van der Waals surface area contributed by atoms with Gasteiger partial charge in [0.25, 0.3) is 11.8 Å². The van der Waals surface area contributed by atoms with Crippen molar-refractivity contribution in [3.63, 3.8) is 0 Å². The van der Waals surface area contributed by atoms with Gasteiger partial charge in [0.15, 0.2) is 11.2 Å². The first-order valence-electron chi connectivity index (χ1n) is 8.85. The van der Waals surface area contributed by atoms with Crippen molar-refractivity contribution < 1.29 is 29.0 Å². The van der Waals surface area contributed by atoms with E-state index in [4.69, 9.17) is 26.8 Å². The number of methoxy groups -OCH3 is 1. The minimum atomic E-state index is -1.08. The first kappa shape index (κ1) is 21.0. The van der Waals surface area contributed by atoms with Gasteiger partial charge in [0, 0.05) is 0 Å². The zero-order valence-corrected chi connectivity index (χ0v) is 16.9. The number of carboxylic acid groups (broad SMARTS) is 1. The second kappa shape index (κ2) is 8.75. The number of benzene rings is 2. The van der Waals surface area contributed by atoms with Crippen LogP contribution in [0, 0.1) is 0 Å². The number of thiocarbonyl (C=S) groups is 1. The molecule has 30 heavy (non-hydrogen) atoms. The number of carboxylic acids is 1. The van der Waals surface area contributed by atoms with Gasteiger partial charge in [-0.1, -0.05) is 12.1 Å². The van der Waals surface area contributed by atoms with Gasteiger partial charge in [0.05, 0.1) is 12.8 Å². The van der Waals surface area contributed by atoms with Crippen molar-refractivity contribution in [1.29, 1.82) is 0 Å². The third-order valence-corrected chi connectivity index (χ3v) is 4.57. The average molecular weight is 426 g/mol. The highest BCUT2D eigenvalue weighted by Gasteiger charge is 2.34. The van der Waals surface area contributed by atoms with Crippen molar-refractivity contribution >= 4 is 46.9 Å². The zero-order valence-electron chi connectivity index (χ0n) is 16.1. The average Bonchev–Trinajstić information content (AvgIpc) is 2.72. The number of rotatable bonds is 6. The summed E-state index contributed by atoms with van der Waals surface area (Å²) in [5, 5.41) is 11.4. The molecule has 2 amide bonds. The van der Waals surface area contributed by atoms with Gasteiger partial charge in [0.2, 0.25) is 0 Å². The Labute approximate surface area is 177 Å². The number of carbonyl (C=O) groups is 3. The summed E-state index contributed by atoms with van der Waals surface area (Å²) in [6.45, 7) is 1.42. The quantitative estimate of drug-likeness (QED) is 0.415. The molecule has 1 saturated heterocycles. The summed E-state index contributed by atoms with van der Waals surface area (Å²) in [6, 6.07) is 13.0. The molecule has 0 bridgehead atoms. The van der Waals surface area contributed by atoms with E-state index in [9.17, 15) is 14.4 Å². The topological polar surface area (TPSA) is 105 Å². The van der Waals surface area contributed by atoms with Gasteiger partial charge in [-0.3, -0.25) is 19.8 Å². The summed E-state index contributed by atoms with van der Waals surface area (Å²) >= 11 is 5.17. The molecule has 2 aromatic rings. The van der Waals surface area contributed by atoms with E-state index in [0.29, 0.717) is 22.7 Å². The summed E-state index contributed by atoms with van der Waals surface area (Å²) in [4.78, 5) is 37.4. The third kappa shape index (κ3) is 4.47. The van der Waals surface area contributed by atoms with Crippen LogP contribution in [0.15, 0.2) is 54.1 Å². The maximum atomic E-state index is 13.0. The molecule has 8 nitrogen and oxygen atoms in total. The Balaban J connectivity index is 1.85. The Morgan fingerprint density at radius 1 is 1.10 bits per heavy atom. The molecular formula is C21H18N2O6S. The Kier molecular flexibility index (Phi) is 6.12. The summed E-state index contributed by atoms with van der Waals surface area (Å²) in [6.07, 6.45) is 0.430. The van der Waals surface area contributed by atoms with Crippen molar-refractivity contribution in [3.8, 4) is 11.5 Å². The van der Waals surface area contributed by atoms with Crippen LogP contribution < -0.4 is 19.7 Å². The van der Waals surface area contributed by atoms with E-state index < -0.39 is 23.9 Å². The molecule has 1 aliphatic heterocycles. The van der Waals surface area contributed by atoms with Gasteiger partial charge in [-0.15, -0.1) is 0 Å². The highest BCUT2D eigenvalue weighted by molar-refractivity contribution is 7.80. The van der Waals surface area contributed by atoms with Crippen LogP contribution in [0.1, 0.15) is 12.5 Å². The van der Waals surface area contributed by atoms with Gasteiger partial charge in [-0.05, 0) is 67.2 Å². The number of hydrogen-bond acceptors (Lipinski definition) is 6. The van der Waals surface area contributed by atoms with E-state index in [1.807, 2.05) is 0 Å². The predicted octanol–water partition coefficient (Wildman–Crippen LogP) is 2.38. The van der Waals surface area contributed by atoms with E-state index >= 15 is 0 Å². The smallest absolute Gasteiger partial charge is 0.344 e. The molecule has 9 heteroatoms. The molecule has 0 unspecified atom stereocenters. The standard InChI is InChI=1S/C21H18N2O6S/c1-12(20(26)27)29-16-7-3-13(4-8-16)11-17-18(24)22-21(30)23(19(17)25)14-5-9-15(28-2)10-6-14/h3-12H,1-2H3,(H,26,27)(H,22,24,30)/b17-11-/t12-/m1/s1. The summed E-state index contributed by atoms with van der Waals surface area (Å²) in [7, 11) is 1.53. The van der Waals surface area contributed by atoms with Crippen LogP contribution in [0.4, 0.5) is 5.69 Å². The van der Waals surface area contributed by atoms with Crippen LogP contribution in [0.3, 0.4) is 0 Å². The van der Waals surface area contributed by atoms with E-state index in [-0.39, 0.29) is 10.7 Å². The molecule has 0 saturated carbocycles. The number of amides is 2. The Morgan fingerprint density at radius 2 is 1.70 bits per heavy atom. The number of nitrogens with one attached hydrogen (secondary N) is 1. The van der Waals surface area contributed by atoms with Crippen molar-refractivity contribution in [1.82, 2.24) is 5.32 Å².